The highest BCUT2D eigenvalue weighted by Crippen LogP contribution is 2.29. The number of para-hydroxylation sites is 1. The Kier molecular flexibility index (Phi) is 5.12. The van der Waals surface area contributed by atoms with Crippen LogP contribution in [0.2, 0.25) is 0 Å². The summed E-state index contributed by atoms with van der Waals surface area (Å²) in [7, 11) is 0. The number of aryl methyl sites for hydroxylation is 1. The lowest BCUT2D eigenvalue weighted by Gasteiger charge is -2.20. The Hall–Kier alpha value is -2.69. The molecule has 1 aliphatic heterocycles. The Bertz CT molecular complexity index is 761. The third kappa shape index (κ3) is 3.71. The van der Waals surface area contributed by atoms with Gasteiger partial charge in [-0.2, -0.15) is 0 Å². The second kappa shape index (κ2) is 7.47. The molecular weight excluding hydrogens is 314 g/mol. The van der Waals surface area contributed by atoms with Crippen LogP contribution >= 0.6 is 0 Å². The zero-order valence-corrected chi connectivity index (χ0v) is 14.6. The summed E-state index contributed by atoms with van der Waals surface area (Å²) >= 11 is 0. The minimum Gasteiger partial charge on any atom is -0.349 e. The summed E-state index contributed by atoms with van der Waals surface area (Å²) in [4.78, 5) is 30.8. The van der Waals surface area contributed by atoms with Crippen molar-refractivity contribution in [3.8, 4) is 0 Å². The Morgan fingerprint density at radius 2 is 2.00 bits per heavy atom. The highest BCUT2D eigenvalue weighted by molar-refractivity contribution is 6.00. The number of anilines is 1. The number of aromatic nitrogens is 1. The lowest BCUT2D eigenvalue weighted by atomic mass is 10.1. The molecule has 0 bridgehead atoms. The first-order valence-electron chi connectivity index (χ1n) is 8.68. The summed E-state index contributed by atoms with van der Waals surface area (Å²) in [6, 6.07) is 11.5. The van der Waals surface area contributed by atoms with E-state index in [0.717, 1.165) is 23.2 Å². The number of hydrogen-bond acceptors (Lipinski definition) is 3. The summed E-state index contributed by atoms with van der Waals surface area (Å²) < 4.78 is 0. The van der Waals surface area contributed by atoms with E-state index in [4.69, 9.17) is 0 Å². The van der Waals surface area contributed by atoms with Crippen LogP contribution < -0.4 is 10.2 Å². The van der Waals surface area contributed by atoms with Crippen LogP contribution in [-0.2, 0) is 16.0 Å². The van der Waals surface area contributed by atoms with Crippen molar-refractivity contribution in [1.82, 2.24) is 10.3 Å². The van der Waals surface area contributed by atoms with Crippen molar-refractivity contribution in [3.05, 3.63) is 59.9 Å². The Labute approximate surface area is 148 Å². The molecule has 2 atom stereocenters. The minimum atomic E-state index is -0.318. The number of benzene rings is 1. The number of amides is 2. The van der Waals surface area contributed by atoms with Crippen molar-refractivity contribution < 1.29 is 9.59 Å². The predicted molar refractivity (Wildman–Crippen MR) is 97.1 cm³/mol. The molecule has 1 aromatic heterocycles. The van der Waals surface area contributed by atoms with E-state index >= 15 is 0 Å². The number of carbonyl (C=O) groups excluding carboxylic acids is 2. The molecule has 2 aromatic rings. The fourth-order valence-electron chi connectivity index (χ4n) is 3.26. The zero-order valence-electron chi connectivity index (χ0n) is 14.6. The van der Waals surface area contributed by atoms with Crippen LogP contribution in [0.4, 0.5) is 5.69 Å². The Balaban J connectivity index is 1.69. The quantitative estimate of drug-likeness (QED) is 0.912. The van der Waals surface area contributed by atoms with Crippen molar-refractivity contribution in [3.63, 3.8) is 0 Å². The first kappa shape index (κ1) is 17.1. The highest BCUT2D eigenvalue weighted by Gasteiger charge is 2.36. The topological polar surface area (TPSA) is 62.3 Å². The van der Waals surface area contributed by atoms with Crippen LogP contribution in [-0.4, -0.2) is 23.3 Å². The Morgan fingerprint density at radius 1 is 1.28 bits per heavy atom. The van der Waals surface area contributed by atoms with E-state index in [1.807, 2.05) is 43.3 Å². The molecule has 1 saturated heterocycles. The van der Waals surface area contributed by atoms with Gasteiger partial charge in [-0.05, 0) is 42.7 Å². The molecule has 1 N–H and O–H groups in total. The third-order valence-electron chi connectivity index (χ3n) is 4.72. The Morgan fingerprint density at radius 3 is 2.72 bits per heavy atom. The molecule has 0 aliphatic carbocycles. The highest BCUT2D eigenvalue weighted by atomic mass is 16.2. The van der Waals surface area contributed by atoms with Crippen LogP contribution in [0.1, 0.15) is 37.4 Å². The standard InChI is InChI=1S/C20H23N3O2/c1-3-15-6-4-5-7-18(15)23-13-17(12-19(23)24)20(25)22-14(2)16-8-10-21-11-9-16/h4-11,14,17H,3,12-13H2,1-2H3,(H,22,25). The normalized spacial score (nSPS) is 18.2. The van der Waals surface area contributed by atoms with Gasteiger partial charge >= 0.3 is 0 Å². The van der Waals surface area contributed by atoms with Gasteiger partial charge in [-0.25, -0.2) is 0 Å². The average molecular weight is 337 g/mol. The maximum Gasteiger partial charge on any atom is 0.227 e. The van der Waals surface area contributed by atoms with E-state index in [0.29, 0.717) is 6.54 Å². The molecule has 1 fully saturated rings. The summed E-state index contributed by atoms with van der Waals surface area (Å²) in [6.45, 7) is 4.44. The fourth-order valence-corrected chi connectivity index (χ4v) is 3.26. The molecule has 130 valence electrons. The van der Waals surface area contributed by atoms with Crippen molar-refractivity contribution in [2.75, 3.05) is 11.4 Å². The van der Waals surface area contributed by atoms with Gasteiger partial charge in [-0.3, -0.25) is 14.6 Å². The van der Waals surface area contributed by atoms with Gasteiger partial charge in [-0.1, -0.05) is 25.1 Å². The second-order valence-electron chi connectivity index (χ2n) is 6.40. The summed E-state index contributed by atoms with van der Waals surface area (Å²) in [5.41, 5.74) is 3.05. The molecule has 25 heavy (non-hydrogen) atoms. The van der Waals surface area contributed by atoms with E-state index in [-0.39, 0.29) is 30.2 Å². The zero-order chi connectivity index (χ0) is 17.8. The summed E-state index contributed by atoms with van der Waals surface area (Å²) in [5, 5.41) is 3.01. The predicted octanol–water partition coefficient (Wildman–Crippen LogP) is 2.87. The molecule has 2 amide bonds. The molecule has 5 heteroatoms. The molecule has 1 aromatic carbocycles. The largest absolute Gasteiger partial charge is 0.349 e. The number of carbonyl (C=O) groups is 2. The minimum absolute atomic E-state index is 0.0117. The van der Waals surface area contributed by atoms with Crippen molar-refractivity contribution in [1.29, 1.82) is 0 Å². The number of nitrogens with one attached hydrogen (secondary N) is 1. The van der Waals surface area contributed by atoms with Gasteiger partial charge in [0.2, 0.25) is 11.8 Å². The van der Waals surface area contributed by atoms with Crippen LogP contribution in [0.3, 0.4) is 0 Å². The number of rotatable bonds is 5. The van der Waals surface area contributed by atoms with Gasteiger partial charge in [0.25, 0.3) is 0 Å². The van der Waals surface area contributed by atoms with E-state index in [1.54, 1.807) is 17.3 Å². The van der Waals surface area contributed by atoms with Crippen molar-refractivity contribution in [2.45, 2.75) is 32.7 Å². The molecule has 0 spiro atoms. The molecule has 0 saturated carbocycles. The van der Waals surface area contributed by atoms with Gasteiger partial charge in [0.15, 0.2) is 0 Å². The van der Waals surface area contributed by atoms with Gasteiger partial charge in [-0.15, -0.1) is 0 Å². The van der Waals surface area contributed by atoms with Crippen molar-refractivity contribution in [2.24, 2.45) is 5.92 Å². The average Bonchev–Trinajstić information content (AvgIpc) is 3.04. The van der Waals surface area contributed by atoms with E-state index < -0.39 is 0 Å². The molecule has 1 aliphatic rings. The van der Waals surface area contributed by atoms with Crippen LogP contribution in [0.5, 0.6) is 0 Å². The smallest absolute Gasteiger partial charge is 0.227 e. The maximum absolute atomic E-state index is 12.6. The second-order valence-corrected chi connectivity index (χ2v) is 6.40. The summed E-state index contributed by atoms with van der Waals surface area (Å²) in [6.07, 6.45) is 4.53. The SMILES string of the molecule is CCc1ccccc1N1CC(C(=O)NC(C)c2ccncc2)CC1=O. The first-order valence-corrected chi connectivity index (χ1v) is 8.68. The molecular formula is C20H23N3O2. The fraction of sp³-hybridized carbons (Fsp3) is 0.350. The molecule has 0 radical (unpaired) electrons. The van der Waals surface area contributed by atoms with Gasteiger partial charge in [0.05, 0.1) is 12.0 Å². The molecule has 2 heterocycles. The molecule has 2 unspecified atom stereocenters. The number of hydrogen-bond donors (Lipinski definition) is 1. The van der Waals surface area contributed by atoms with E-state index in [9.17, 15) is 9.59 Å². The third-order valence-corrected chi connectivity index (χ3v) is 4.72. The monoisotopic (exact) mass is 337 g/mol. The lowest BCUT2D eigenvalue weighted by molar-refractivity contribution is -0.126. The van der Waals surface area contributed by atoms with Crippen LogP contribution in [0.15, 0.2) is 48.8 Å². The lowest BCUT2D eigenvalue weighted by Crippen LogP contribution is -2.34. The number of nitrogens with zero attached hydrogens (tertiary/aromatic N) is 2. The summed E-state index contributed by atoms with van der Waals surface area (Å²) in [5.74, 6) is -0.381. The molecule has 5 nitrogen and oxygen atoms in total. The van der Waals surface area contributed by atoms with Crippen molar-refractivity contribution >= 4 is 17.5 Å². The van der Waals surface area contributed by atoms with Crippen LogP contribution in [0.25, 0.3) is 0 Å². The first-order chi connectivity index (χ1) is 12.1. The van der Waals surface area contributed by atoms with E-state index in [1.165, 1.54) is 0 Å². The number of pyridine rings is 1. The molecule has 3 rings (SSSR count). The van der Waals surface area contributed by atoms with Gasteiger partial charge < -0.3 is 10.2 Å². The van der Waals surface area contributed by atoms with Gasteiger partial charge in [0, 0.05) is 31.0 Å². The van der Waals surface area contributed by atoms with E-state index in [2.05, 4.69) is 17.2 Å². The van der Waals surface area contributed by atoms with Crippen LogP contribution in [0, 0.1) is 5.92 Å². The maximum atomic E-state index is 12.6. The van der Waals surface area contributed by atoms with Gasteiger partial charge in [0.1, 0.15) is 0 Å².